The van der Waals surface area contributed by atoms with Crippen LogP contribution in [0.2, 0.25) is 0 Å². The smallest absolute Gasteiger partial charge is 0.226 e. The van der Waals surface area contributed by atoms with Crippen molar-refractivity contribution in [3.63, 3.8) is 0 Å². The lowest BCUT2D eigenvalue weighted by Crippen LogP contribution is -2.19. The first-order valence-electron chi connectivity index (χ1n) is 3.62. The van der Waals surface area contributed by atoms with E-state index in [0.717, 1.165) is 5.69 Å². The molecule has 0 radical (unpaired) electrons. The Balaban J connectivity index is 2.82. The van der Waals surface area contributed by atoms with Crippen LogP contribution >= 0.6 is 0 Å². The van der Waals surface area contributed by atoms with E-state index in [4.69, 9.17) is 5.26 Å². The molecule has 0 unspecified atom stereocenters. The summed E-state index contributed by atoms with van der Waals surface area (Å²) in [7, 11) is 1.79. The van der Waals surface area contributed by atoms with Gasteiger partial charge in [-0.3, -0.25) is 0 Å². The molecule has 0 aliphatic heterocycles. The number of anilines is 1. The van der Waals surface area contributed by atoms with E-state index in [1.807, 2.05) is 19.1 Å². The predicted molar refractivity (Wildman–Crippen MR) is 45.7 cm³/mol. The molecule has 0 bridgehead atoms. The fourth-order valence-electron chi connectivity index (χ4n) is 0.796. The minimum Gasteiger partial charge on any atom is -0.331 e. The van der Waals surface area contributed by atoms with E-state index in [-0.39, 0.29) is 0 Å². The lowest BCUT2D eigenvalue weighted by atomic mass is 10.4. The van der Waals surface area contributed by atoms with Crippen LogP contribution in [0, 0.1) is 18.3 Å². The molecule has 0 saturated heterocycles. The van der Waals surface area contributed by atoms with Crippen molar-refractivity contribution >= 4 is 5.95 Å². The van der Waals surface area contributed by atoms with E-state index in [1.54, 1.807) is 18.1 Å². The first-order chi connectivity index (χ1) is 5.74. The van der Waals surface area contributed by atoms with E-state index in [9.17, 15) is 0 Å². The third-order valence-corrected chi connectivity index (χ3v) is 1.43. The summed E-state index contributed by atoms with van der Waals surface area (Å²) in [4.78, 5) is 9.88. The Morgan fingerprint density at radius 1 is 1.67 bits per heavy atom. The fourth-order valence-corrected chi connectivity index (χ4v) is 0.796. The molecule has 0 amide bonds. The molecule has 0 atom stereocenters. The van der Waals surface area contributed by atoms with Crippen molar-refractivity contribution in [1.82, 2.24) is 9.97 Å². The van der Waals surface area contributed by atoms with Crippen molar-refractivity contribution in [3.8, 4) is 6.07 Å². The summed E-state index contributed by atoms with van der Waals surface area (Å²) in [6, 6.07) is 3.85. The molecule has 1 heterocycles. The molecule has 0 saturated carbocycles. The van der Waals surface area contributed by atoms with Gasteiger partial charge in [-0.15, -0.1) is 0 Å². The molecule has 0 aliphatic rings. The van der Waals surface area contributed by atoms with E-state index in [1.165, 1.54) is 0 Å². The van der Waals surface area contributed by atoms with Gasteiger partial charge in [0.05, 0.1) is 6.07 Å². The minimum absolute atomic E-state index is 0.309. The summed E-state index contributed by atoms with van der Waals surface area (Å²) >= 11 is 0. The number of nitrogens with zero attached hydrogens (tertiary/aromatic N) is 4. The van der Waals surface area contributed by atoms with Gasteiger partial charge in [-0.05, 0) is 13.0 Å². The Bertz CT molecular complexity index is 302. The topological polar surface area (TPSA) is 52.8 Å². The fraction of sp³-hybridized carbons (Fsp3) is 0.375. The molecule has 0 aromatic carbocycles. The standard InChI is InChI=1S/C8H10N4/c1-7-3-5-10-8(11-7)12(2)6-4-9/h3,5H,6H2,1-2H3. The number of aryl methyl sites for hydroxylation is 1. The molecule has 1 aromatic heterocycles. The molecule has 0 N–H and O–H groups in total. The van der Waals surface area contributed by atoms with E-state index >= 15 is 0 Å². The second kappa shape index (κ2) is 3.67. The highest BCUT2D eigenvalue weighted by molar-refractivity contribution is 5.29. The van der Waals surface area contributed by atoms with E-state index in [2.05, 4.69) is 9.97 Å². The molecule has 0 aliphatic carbocycles. The van der Waals surface area contributed by atoms with Crippen LogP contribution in [-0.4, -0.2) is 23.6 Å². The molecule has 1 rings (SSSR count). The summed E-state index contributed by atoms with van der Waals surface area (Å²) in [6.07, 6.45) is 1.69. The van der Waals surface area contributed by atoms with Crippen LogP contribution in [0.3, 0.4) is 0 Å². The van der Waals surface area contributed by atoms with Crippen molar-refractivity contribution in [2.45, 2.75) is 6.92 Å². The number of rotatable bonds is 2. The number of hydrogen-bond acceptors (Lipinski definition) is 4. The molecular formula is C8H10N4. The van der Waals surface area contributed by atoms with Gasteiger partial charge in [0.2, 0.25) is 5.95 Å². The first kappa shape index (κ1) is 8.47. The molecule has 0 fully saturated rings. The zero-order chi connectivity index (χ0) is 8.97. The van der Waals surface area contributed by atoms with Crippen LogP contribution in [0.1, 0.15) is 5.69 Å². The highest BCUT2D eigenvalue weighted by Crippen LogP contribution is 2.03. The van der Waals surface area contributed by atoms with Gasteiger partial charge in [-0.25, -0.2) is 9.97 Å². The Morgan fingerprint density at radius 3 is 3.00 bits per heavy atom. The van der Waals surface area contributed by atoms with Gasteiger partial charge in [0.25, 0.3) is 0 Å². The van der Waals surface area contributed by atoms with Crippen LogP contribution in [-0.2, 0) is 0 Å². The normalized spacial score (nSPS) is 9.08. The minimum atomic E-state index is 0.309. The third-order valence-electron chi connectivity index (χ3n) is 1.43. The predicted octanol–water partition coefficient (Wildman–Crippen LogP) is 0.745. The van der Waals surface area contributed by atoms with E-state index in [0.29, 0.717) is 12.5 Å². The lowest BCUT2D eigenvalue weighted by Gasteiger charge is -2.11. The van der Waals surface area contributed by atoms with Gasteiger partial charge in [0.15, 0.2) is 0 Å². The van der Waals surface area contributed by atoms with Gasteiger partial charge in [0.1, 0.15) is 6.54 Å². The first-order valence-corrected chi connectivity index (χ1v) is 3.62. The van der Waals surface area contributed by atoms with Crippen LogP contribution in [0.5, 0.6) is 0 Å². The maximum atomic E-state index is 8.42. The summed E-state index contributed by atoms with van der Waals surface area (Å²) in [5, 5.41) is 8.42. The van der Waals surface area contributed by atoms with E-state index < -0.39 is 0 Å². The van der Waals surface area contributed by atoms with Gasteiger partial charge >= 0.3 is 0 Å². The summed E-state index contributed by atoms with van der Waals surface area (Å²) in [5.74, 6) is 0.594. The highest BCUT2D eigenvalue weighted by Gasteiger charge is 2.01. The number of nitriles is 1. The van der Waals surface area contributed by atoms with Crippen LogP contribution in [0.25, 0.3) is 0 Å². The SMILES string of the molecule is Cc1ccnc(N(C)CC#N)n1. The zero-order valence-corrected chi connectivity index (χ0v) is 7.15. The lowest BCUT2D eigenvalue weighted by molar-refractivity contribution is 0.932. The van der Waals surface area contributed by atoms with Crippen LogP contribution in [0.4, 0.5) is 5.95 Å². The average Bonchev–Trinajstić information content (AvgIpc) is 2.05. The zero-order valence-electron chi connectivity index (χ0n) is 7.15. The molecule has 62 valence electrons. The van der Waals surface area contributed by atoms with Crippen molar-refractivity contribution < 1.29 is 0 Å². The Kier molecular flexibility index (Phi) is 2.59. The number of aromatic nitrogens is 2. The molecule has 4 nitrogen and oxygen atoms in total. The maximum absolute atomic E-state index is 8.42. The maximum Gasteiger partial charge on any atom is 0.226 e. The van der Waals surface area contributed by atoms with Crippen molar-refractivity contribution in [2.75, 3.05) is 18.5 Å². The second-order valence-electron chi connectivity index (χ2n) is 2.51. The van der Waals surface area contributed by atoms with Crippen LogP contribution in [0.15, 0.2) is 12.3 Å². The van der Waals surface area contributed by atoms with Gasteiger partial charge in [-0.2, -0.15) is 5.26 Å². The van der Waals surface area contributed by atoms with Gasteiger partial charge in [-0.1, -0.05) is 0 Å². The largest absolute Gasteiger partial charge is 0.331 e. The molecule has 12 heavy (non-hydrogen) atoms. The second-order valence-corrected chi connectivity index (χ2v) is 2.51. The number of hydrogen-bond donors (Lipinski definition) is 0. The van der Waals surface area contributed by atoms with Crippen LogP contribution < -0.4 is 4.90 Å². The Labute approximate surface area is 71.5 Å². The Hall–Kier alpha value is -1.63. The molecular weight excluding hydrogens is 152 g/mol. The summed E-state index contributed by atoms with van der Waals surface area (Å²) in [5.41, 5.74) is 0.907. The molecule has 4 heteroatoms. The molecule has 1 aromatic rings. The highest BCUT2D eigenvalue weighted by atomic mass is 15.2. The Morgan fingerprint density at radius 2 is 2.42 bits per heavy atom. The third kappa shape index (κ3) is 1.92. The van der Waals surface area contributed by atoms with Gasteiger partial charge in [0, 0.05) is 18.9 Å². The summed E-state index contributed by atoms with van der Waals surface area (Å²) < 4.78 is 0. The summed E-state index contributed by atoms with van der Waals surface area (Å²) in [6.45, 7) is 2.20. The van der Waals surface area contributed by atoms with Crippen molar-refractivity contribution in [1.29, 1.82) is 5.26 Å². The average molecular weight is 162 g/mol. The van der Waals surface area contributed by atoms with Crippen molar-refractivity contribution in [2.24, 2.45) is 0 Å². The monoisotopic (exact) mass is 162 g/mol. The quantitative estimate of drug-likeness (QED) is 0.602. The van der Waals surface area contributed by atoms with Crippen molar-refractivity contribution in [3.05, 3.63) is 18.0 Å². The molecule has 0 spiro atoms. The van der Waals surface area contributed by atoms with Gasteiger partial charge < -0.3 is 4.90 Å².